The maximum Gasteiger partial charge on any atom is 0.296 e. The molecule has 0 radical (unpaired) electrons. The lowest BCUT2D eigenvalue weighted by Crippen LogP contribution is -2.56. The summed E-state index contributed by atoms with van der Waals surface area (Å²) in [6, 6.07) is 10.7. The summed E-state index contributed by atoms with van der Waals surface area (Å²) in [6.45, 7) is 5.31. The summed E-state index contributed by atoms with van der Waals surface area (Å²) in [4.78, 5) is 0. The van der Waals surface area contributed by atoms with Crippen molar-refractivity contribution >= 4 is 11.2 Å². The van der Waals surface area contributed by atoms with Crippen LogP contribution in [-0.4, -0.2) is 70.9 Å². The minimum atomic E-state index is 0.438. The summed E-state index contributed by atoms with van der Waals surface area (Å²) < 4.78 is 31.4. The van der Waals surface area contributed by atoms with E-state index in [1.807, 2.05) is 22.7 Å². The van der Waals surface area contributed by atoms with Crippen molar-refractivity contribution in [3.05, 3.63) is 35.9 Å². The number of ether oxygens (including phenoxy) is 5. The molecule has 0 bridgehead atoms. The van der Waals surface area contributed by atoms with Gasteiger partial charge in [0.05, 0.1) is 72.0 Å². The quantitative estimate of drug-likeness (QED) is 0.343. The molecule has 3 aromatic rings. The third-order valence-corrected chi connectivity index (χ3v) is 7.41. The van der Waals surface area contributed by atoms with Gasteiger partial charge in [0.2, 0.25) is 5.69 Å². The summed E-state index contributed by atoms with van der Waals surface area (Å²) >= 11 is 0. The zero-order chi connectivity index (χ0) is 25.7. The average Bonchev–Trinajstić information content (AvgIpc) is 3.31. The van der Waals surface area contributed by atoms with E-state index in [0.29, 0.717) is 30.0 Å². The largest absolute Gasteiger partial charge is 0.496 e. The van der Waals surface area contributed by atoms with E-state index >= 15 is 0 Å². The third-order valence-electron chi connectivity index (χ3n) is 7.41. The highest BCUT2D eigenvalue weighted by molar-refractivity contribution is 5.83. The Morgan fingerprint density at radius 3 is 2.31 bits per heavy atom. The number of fused-ring (bicyclic) bond motifs is 1. The Balaban J connectivity index is 1.95. The van der Waals surface area contributed by atoms with Gasteiger partial charge in [0.25, 0.3) is 5.88 Å². The maximum absolute atomic E-state index is 5.94. The fraction of sp³-hybridized carbons (Fsp3) is 0.536. The number of hydrogen-bond acceptors (Lipinski definition) is 6. The second kappa shape index (κ2) is 11.5. The SMILES string of the molecule is CCCC[N+](C)(c1c(OC)nn2c(-c3c(OC)cc(COC)cc3OC)cccc12)C1CCOCC1. The molecule has 8 heteroatoms. The molecule has 1 unspecified atom stereocenters. The van der Waals surface area contributed by atoms with Crippen molar-refractivity contribution in [2.24, 2.45) is 0 Å². The molecule has 1 fully saturated rings. The van der Waals surface area contributed by atoms with Crippen LogP contribution in [0.4, 0.5) is 5.69 Å². The first-order valence-corrected chi connectivity index (χ1v) is 12.8. The number of rotatable bonds is 11. The maximum atomic E-state index is 5.94. The average molecular weight is 499 g/mol. The van der Waals surface area contributed by atoms with Crippen LogP contribution in [0.15, 0.2) is 30.3 Å². The van der Waals surface area contributed by atoms with Gasteiger partial charge in [0.1, 0.15) is 17.0 Å². The van der Waals surface area contributed by atoms with Crippen LogP contribution in [0.1, 0.15) is 38.2 Å². The van der Waals surface area contributed by atoms with Gasteiger partial charge < -0.3 is 23.7 Å². The summed E-state index contributed by atoms with van der Waals surface area (Å²) in [5.41, 5.74) is 4.84. The van der Waals surface area contributed by atoms with Crippen molar-refractivity contribution in [3.63, 3.8) is 0 Å². The molecule has 0 saturated carbocycles. The molecule has 1 aliphatic heterocycles. The molecule has 1 aliphatic rings. The summed E-state index contributed by atoms with van der Waals surface area (Å²) in [5.74, 6) is 2.07. The molecule has 0 aliphatic carbocycles. The molecule has 1 aromatic carbocycles. The first kappa shape index (κ1) is 26.3. The van der Waals surface area contributed by atoms with E-state index < -0.39 is 0 Å². The molecule has 1 atom stereocenters. The molecular weight excluding hydrogens is 458 g/mol. The Kier molecular flexibility index (Phi) is 8.39. The van der Waals surface area contributed by atoms with E-state index in [9.17, 15) is 0 Å². The number of benzene rings is 1. The van der Waals surface area contributed by atoms with Crippen LogP contribution in [0.2, 0.25) is 0 Å². The highest BCUT2D eigenvalue weighted by Gasteiger charge is 2.41. The molecule has 36 heavy (non-hydrogen) atoms. The number of nitrogens with zero attached hydrogens (tertiary/aromatic N) is 3. The predicted molar refractivity (Wildman–Crippen MR) is 142 cm³/mol. The van der Waals surface area contributed by atoms with Gasteiger partial charge >= 0.3 is 0 Å². The van der Waals surface area contributed by atoms with E-state index in [1.165, 1.54) is 0 Å². The molecule has 0 amide bonds. The van der Waals surface area contributed by atoms with Crippen LogP contribution in [-0.2, 0) is 16.1 Å². The number of quaternary nitrogens is 1. The van der Waals surface area contributed by atoms with E-state index in [4.69, 9.17) is 28.8 Å². The van der Waals surface area contributed by atoms with E-state index in [-0.39, 0.29) is 0 Å². The van der Waals surface area contributed by atoms with Gasteiger partial charge in [-0.15, -0.1) is 5.10 Å². The first-order valence-electron chi connectivity index (χ1n) is 12.8. The number of hydrogen-bond donors (Lipinski definition) is 0. The molecule has 0 spiro atoms. The second-order valence-electron chi connectivity index (χ2n) is 9.56. The van der Waals surface area contributed by atoms with Gasteiger partial charge in [0, 0.05) is 20.0 Å². The molecular formula is C28H40N3O5+. The summed E-state index contributed by atoms with van der Waals surface area (Å²) in [6.07, 6.45) is 4.29. The summed E-state index contributed by atoms with van der Waals surface area (Å²) in [7, 11) is 9.07. The van der Waals surface area contributed by atoms with Gasteiger partial charge in [0.15, 0.2) is 0 Å². The summed E-state index contributed by atoms with van der Waals surface area (Å²) in [5, 5.41) is 5.00. The van der Waals surface area contributed by atoms with Crippen LogP contribution in [0.3, 0.4) is 0 Å². The van der Waals surface area contributed by atoms with Gasteiger partial charge in [-0.1, -0.05) is 19.4 Å². The van der Waals surface area contributed by atoms with Crippen LogP contribution in [0.25, 0.3) is 16.8 Å². The minimum Gasteiger partial charge on any atom is -0.496 e. The van der Waals surface area contributed by atoms with Crippen molar-refractivity contribution in [1.29, 1.82) is 0 Å². The lowest BCUT2D eigenvalue weighted by molar-refractivity contribution is 0.0441. The van der Waals surface area contributed by atoms with E-state index in [1.54, 1.807) is 28.4 Å². The van der Waals surface area contributed by atoms with Crippen LogP contribution < -0.4 is 18.7 Å². The fourth-order valence-electron chi connectivity index (χ4n) is 5.53. The smallest absolute Gasteiger partial charge is 0.296 e. The monoisotopic (exact) mass is 498 g/mol. The van der Waals surface area contributed by atoms with Crippen molar-refractivity contribution in [2.45, 2.75) is 45.3 Å². The number of aromatic nitrogens is 2. The van der Waals surface area contributed by atoms with Gasteiger partial charge in [-0.25, -0.2) is 4.52 Å². The number of unbranched alkanes of at least 4 members (excludes halogenated alkanes) is 1. The normalized spacial score (nSPS) is 16.2. The van der Waals surface area contributed by atoms with Crippen LogP contribution in [0, 0.1) is 0 Å². The van der Waals surface area contributed by atoms with Crippen molar-refractivity contribution < 1.29 is 23.7 Å². The van der Waals surface area contributed by atoms with E-state index in [2.05, 4.69) is 26.1 Å². The lowest BCUT2D eigenvalue weighted by atomic mass is 10.0. The van der Waals surface area contributed by atoms with Crippen molar-refractivity contribution in [3.8, 4) is 28.6 Å². The molecule has 4 rings (SSSR count). The Labute approximate surface area is 214 Å². The second-order valence-corrected chi connectivity index (χ2v) is 9.56. The van der Waals surface area contributed by atoms with Gasteiger partial charge in [-0.05, 0) is 36.2 Å². The molecule has 1 saturated heterocycles. The third kappa shape index (κ3) is 4.77. The highest BCUT2D eigenvalue weighted by atomic mass is 16.5. The fourth-order valence-corrected chi connectivity index (χ4v) is 5.53. The van der Waals surface area contributed by atoms with Crippen LogP contribution in [0.5, 0.6) is 17.4 Å². The lowest BCUT2D eigenvalue weighted by Gasteiger charge is -2.42. The van der Waals surface area contributed by atoms with Gasteiger partial charge in [-0.3, -0.25) is 4.48 Å². The molecule has 2 aromatic heterocycles. The van der Waals surface area contributed by atoms with E-state index in [0.717, 1.165) is 77.9 Å². The highest BCUT2D eigenvalue weighted by Crippen LogP contribution is 2.45. The Hall–Kier alpha value is -2.81. The zero-order valence-corrected chi connectivity index (χ0v) is 22.5. The Morgan fingerprint density at radius 1 is 1.03 bits per heavy atom. The molecule has 196 valence electrons. The molecule has 3 heterocycles. The topological polar surface area (TPSA) is 63.5 Å². The Morgan fingerprint density at radius 2 is 1.72 bits per heavy atom. The number of pyridine rings is 1. The van der Waals surface area contributed by atoms with Crippen LogP contribution >= 0.6 is 0 Å². The first-order chi connectivity index (χ1) is 17.5. The van der Waals surface area contributed by atoms with Crippen molar-refractivity contribution in [2.75, 3.05) is 55.2 Å². The molecule has 8 nitrogen and oxygen atoms in total. The van der Waals surface area contributed by atoms with Crippen molar-refractivity contribution in [1.82, 2.24) is 14.1 Å². The Bertz CT molecular complexity index is 1150. The van der Waals surface area contributed by atoms with Gasteiger partial charge in [-0.2, -0.15) is 0 Å². The zero-order valence-electron chi connectivity index (χ0n) is 22.5. The number of methoxy groups -OCH3 is 4. The standard InChI is InChI=1S/C28H40N3O5/c1-7-8-14-31(2,21-12-15-36-16-13-21)27-23-11-9-10-22(30(23)29-28(27)35-6)26-24(33-4)17-20(19-32-3)18-25(26)34-5/h9-11,17-18,21H,7-8,12-16,19H2,1-6H3/q+1. The predicted octanol–water partition coefficient (Wildman–Crippen LogP) is 5.09. The minimum absolute atomic E-state index is 0.438. The molecule has 0 N–H and O–H groups in total.